The van der Waals surface area contributed by atoms with Crippen LogP contribution in [0.5, 0.6) is 0 Å². The number of carbonyl (C=O) groups is 1. The lowest BCUT2D eigenvalue weighted by atomic mass is 10.1. The van der Waals surface area contributed by atoms with E-state index in [1.807, 2.05) is 6.92 Å². The Morgan fingerprint density at radius 3 is 2.60 bits per heavy atom. The third-order valence-electron chi connectivity index (χ3n) is 1.46. The number of carboxylic acids is 1. The van der Waals surface area contributed by atoms with Crippen molar-refractivity contribution >= 4 is 5.97 Å². The molecule has 10 heavy (non-hydrogen) atoms. The zero-order valence-corrected chi connectivity index (χ0v) is 6.05. The predicted molar refractivity (Wildman–Crippen MR) is 35.7 cm³/mol. The van der Waals surface area contributed by atoms with Crippen LogP contribution in [0.15, 0.2) is 11.6 Å². The number of epoxide rings is 1. The molecule has 0 aromatic carbocycles. The van der Waals surface area contributed by atoms with Crippen LogP contribution in [0.25, 0.3) is 0 Å². The van der Waals surface area contributed by atoms with Crippen molar-refractivity contribution in [1.29, 1.82) is 0 Å². The average molecular weight is 142 g/mol. The molecule has 3 nitrogen and oxygen atoms in total. The Balaban J connectivity index is 2.62. The van der Waals surface area contributed by atoms with Crippen molar-refractivity contribution in [3.8, 4) is 0 Å². The van der Waals surface area contributed by atoms with Crippen LogP contribution in [0.4, 0.5) is 0 Å². The largest absolute Gasteiger partial charge is 0.478 e. The minimum Gasteiger partial charge on any atom is -0.478 e. The Hall–Kier alpha value is -0.830. The Kier molecular flexibility index (Phi) is 1.52. The first kappa shape index (κ1) is 7.28. The highest BCUT2D eigenvalue weighted by atomic mass is 16.6. The van der Waals surface area contributed by atoms with Gasteiger partial charge in [0.05, 0.1) is 6.61 Å². The van der Waals surface area contributed by atoms with Crippen molar-refractivity contribution in [3.05, 3.63) is 11.6 Å². The number of aliphatic carboxylic acids is 1. The highest BCUT2D eigenvalue weighted by molar-refractivity contribution is 5.86. The summed E-state index contributed by atoms with van der Waals surface area (Å²) in [6.07, 6.45) is 1.63. The maximum atomic E-state index is 10.3. The van der Waals surface area contributed by atoms with Gasteiger partial charge in [0.1, 0.15) is 5.60 Å². The number of rotatable bonds is 2. The molecule has 0 amide bonds. The molecule has 1 N–H and O–H groups in total. The second kappa shape index (κ2) is 2.09. The van der Waals surface area contributed by atoms with E-state index in [1.54, 1.807) is 13.0 Å². The summed E-state index contributed by atoms with van der Waals surface area (Å²) in [5, 5.41) is 8.45. The molecule has 0 bridgehead atoms. The van der Waals surface area contributed by atoms with Crippen molar-refractivity contribution in [2.75, 3.05) is 6.61 Å². The summed E-state index contributed by atoms with van der Waals surface area (Å²) >= 11 is 0. The van der Waals surface area contributed by atoms with Crippen LogP contribution in [-0.2, 0) is 9.53 Å². The second-order valence-corrected chi connectivity index (χ2v) is 2.73. The Morgan fingerprint density at radius 1 is 1.80 bits per heavy atom. The van der Waals surface area contributed by atoms with Gasteiger partial charge in [-0.2, -0.15) is 0 Å². The summed E-state index contributed by atoms with van der Waals surface area (Å²) < 4.78 is 4.98. The van der Waals surface area contributed by atoms with Crippen molar-refractivity contribution < 1.29 is 14.6 Å². The van der Waals surface area contributed by atoms with E-state index in [1.165, 1.54) is 0 Å². The highest BCUT2D eigenvalue weighted by Gasteiger charge is 2.37. The molecule has 1 aliphatic rings. The van der Waals surface area contributed by atoms with Gasteiger partial charge in [0, 0.05) is 5.57 Å². The number of hydrogen-bond donors (Lipinski definition) is 1. The molecule has 0 aromatic heterocycles. The van der Waals surface area contributed by atoms with E-state index in [2.05, 4.69) is 0 Å². The van der Waals surface area contributed by atoms with E-state index in [-0.39, 0.29) is 5.60 Å². The molecule has 0 radical (unpaired) electrons. The third kappa shape index (κ3) is 1.57. The van der Waals surface area contributed by atoms with Gasteiger partial charge in [-0.1, -0.05) is 0 Å². The number of ether oxygens (including phenoxy) is 1. The van der Waals surface area contributed by atoms with Crippen molar-refractivity contribution in [3.63, 3.8) is 0 Å². The Labute approximate surface area is 59.3 Å². The monoisotopic (exact) mass is 142 g/mol. The van der Waals surface area contributed by atoms with Crippen molar-refractivity contribution in [2.45, 2.75) is 19.4 Å². The van der Waals surface area contributed by atoms with Crippen molar-refractivity contribution in [1.82, 2.24) is 0 Å². The van der Waals surface area contributed by atoms with Crippen LogP contribution < -0.4 is 0 Å². The molecule has 1 aliphatic heterocycles. The van der Waals surface area contributed by atoms with Gasteiger partial charge < -0.3 is 9.84 Å². The predicted octanol–water partition coefficient (Wildman–Crippen LogP) is 0.806. The molecule has 1 atom stereocenters. The fraction of sp³-hybridized carbons (Fsp3) is 0.571. The fourth-order valence-electron chi connectivity index (χ4n) is 0.717. The van der Waals surface area contributed by atoms with E-state index >= 15 is 0 Å². The van der Waals surface area contributed by atoms with E-state index in [9.17, 15) is 4.79 Å². The minimum atomic E-state index is -0.878. The van der Waals surface area contributed by atoms with Gasteiger partial charge in [-0.3, -0.25) is 0 Å². The van der Waals surface area contributed by atoms with Gasteiger partial charge in [0.2, 0.25) is 0 Å². The zero-order valence-electron chi connectivity index (χ0n) is 6.05. The van der Waals surface area contributed by atoms with Crippen LogP contribution >= 0.6 is 0 Å². The molecule has 1 rings (SSSR count). The first-order valence-electron chi connectivity index (χ1n) is 3.10. The second-order valence-electron chi connectivity index (χ2n) is 2.73. The quantitative estimate of drug-likeness (QED) is 0.458. The summed E-state index contributed by atoms with van der Waals surface area (Å²) in [5.74, 6) is -0.878. The molecular weight excluding hydrogens is 132 g/mol. The van der Waals surface area contributed by atoms with E-state index in [0.29, 0.717) is 12.2 Å². The van der Waals surface area contributed by atoms with Gasteiger partial charge in [-0.15, -0.1) is 0 Å². The minimum absolute atomic E-state index is 0.289. The Bertz CT molecular complexity index is 189. The molecule has 0 spiro atoms. The van der Waals surface area contributed by atoms with E-state index in [4.69, 9.17) is 9.84 Å². The van der Waals surface area contributed by atoms with Crippen molar-refractivity contribution in [2.24, 2.45) is 0 Å². The summed E-state index contributed by atoms with van der Waals surface area (Å²) in [4.78, 5) is 10.3. The molecular formula is C7H10O3. The normalized spacial score (nSPS) is 32.0. The van der Waals surface area contributed by atoms with E-state index < -0.39 is 5.97 Å². The molecule has 1 fully saturated rings. The van der Waals surface area contributed by atoms with Crippen LogP contribution in [-0.4, -0.2) is 23.3 Å². The van der Waals surface area contributed by atoms with Gasteiger partial charge in [-0.25, -0.2) is 4.79 Å². The topological polar surface area (TPSA) is 49.8 Å². The third-order valence-corrected chi connectivity index (χ3v) is 1.46. The molecule has 0 aromatic rings. The molecule has 0 saturated carbocycles. The van der Waals surface area contributed by atoms with Gasteiger partial charge >= 0.3 is 5.97 Å². The maximum absolute atomic E-state index is 10.3. The van der Waals surface area contributed by atoms with Gasteiger partial charge in [-0.05, 0) is 19.9 Å². The summed E-state index contributed by atoms with van der Waals surface area (Å²) in [5.41, 5.74) is 0.0580. The lowest BCUT2D eigenvalue weighted by Crippen LogP contribution is -2.04. The first-order chi connectivity index (χ1) is 4.53. The molecule has 1 heterocycles. The standard InChI is InChI=1S/C7H10O3/c1-5(6(8)9)3-7(2)4-10-7/h3H,4H2,1-2H3,(H,8,9). The summed E-state index contributed by atoms with van der Waals surface area (Å²) in [6.45, 7) is 4.06. The molecule has 1 unspecified atom stereocenters. The molecule has 1 saturated heterocycles. The summed E-state index contributed by atoms with van der Waals surface area (Å²) in [6, 6.07) is 0. The average Bonchev–Trinajstić information content (AvgIpc) is 2.47. The molecule has 0 aliphatic carbocycles. The van der Waals surface area contributed by atoms with Crippen LogP contribution in [0, 0.1) is 0 Å². The SMILES string of the molecule is CC(=CC1(C)CO1)C(=O)O. The lowest BCUT2D eigenvalue weighted by molar-refractivity contribution is -0.132. The zero-order chi connectivity index (χ0) is 7.78. The maximum Gasteiger partial charge on any atom is 0.331 e. The van der Waals surface area contributed by atoms with Crippen LogP contribution in [0.2, 0.25) is 0 Å². The first-order valence-corrected chi connectivity index (χ1v) is 3.10. The smallest absolute Gasteiger partial charge is 0.331 e. The van der Waals surface area contributed by atoms with Gasteiger partial charge in [0.15, 0.2) is 0 Å². The number of carboxylic acid groups (broad SMARTS) is 1. The van der Waals surface area contributed by atoms with Gasteiger partial charge in [0.25, 0.3) is 0 Å². The van der Waals surface area contributed by atoms with Crippen LogP contribution in [0.1, 0.15) is 13.8 Å². The summed E-state index contributed by atoms with van der Waals surface area (Å²) in [7, 11) is 0. The molecule has 56 valence electrons. The highest BCUT2D eigenvalue weighted by Crippen LogP contribution is 2.28. The molecule has 3 heteroatoms. The van der Waals surface area contributed by atoms with E-state index in [0.717, 1.165) is 0 Å². The van der Waals surface area contributed by atoms with Crippen LogP contribution in [0.3, 0.4) is 0 Å². The fourth-order valence-corrected chi connectivity index (χ4v) is 0.717. The number of hydrogen-bond acceptors (Lipinski definition) is 2. The lowest BCUT2D eigenvalue weighted by Gasteiger charge is -1.96. The Morgan fingerprint density at radius 2 is 2.30 bits per heavy atom.